The van der Waals surface area contributed by atoms with Crippen molar-refractivity contribution in [2.24, 2.45) is 0 Å². The molecule has 3 heterocycles. The minimum atomic E-state index is 0.740. The van der Waals surface area contributed by atoms with Crippen molar-refractivity contribution in [3.05, 3.63) is 70.7 Å². The van der Waals surface area contributed by atoms with Gasteiger partial charge in [0.1, 0.15) is 0 Å². The van der Waals surface area contributed by atoms with Crippen molar-refractivity contribution in [2.75, 3.05) is 0 Å². The summed E-state index contributed by atoms with van der Waals surface area (Å²) in [6.07, 6.45) is 1.94. The Morgan fingerprint density at radius 2 is 1.96 bits per heavy atom. The first-order chi connectivity index (χ1) is 12.3. The van der Waals surface area contributed by atoms with E-state index < -0.39 is 0 Å². The zero-order valence-corrected chi connectivity index (χ0v) is 15.4. The molecule has 0 radical (unpaired) electrons. The maximum Gasteiger partial charge on any atom is 0.211 e. The van der Waals surface area contributed by atoms with Gasteiger partial charge in [-0.3, -0.25) is 0 Å². The number of thioether (sulfide) groups is 1. The molecule has 25 heavy (non-hydrogen) atoms. The lowest BCUT2D eigenvalue weighted by atomic mass is 10.1. The third-order valence-corrected chi connectivity index (χ3v) is 6.34. The molecule has 2 aromatic carbocycles. The zero-order valence-electron chi connectivity index (χ0n) is 13.0. The van der Waals surface area contributed by atoms with Gasteiger partial charge in [-0.25, -0.2) is 9.67 Å². The third-order valence-electron chi connectivity index (χ3n) is 4.17. The summed E-state index contributed by atoms with van der Waals surface area (Å²) in [5.74, 6) is 0.918. The summed E-state index contributed by atoms with van der Waals surface area (Å²) in [5, 5.41) is 8.30. The average molecular weight is 382 g/mol. The number of thiazole rings is 1. The van der Waals surface area contributed by atoms with Crippen LogP contribution in [0.2, 0.25) is 5.02 Å². The molecule has 0 amide bonds. The maximum absolute atomic E-state index is 6.24. The molecular formula is C19H12ClN3S2. The molecule has 3 nitrogen and oxygen atoms in total. The fraction of sp³-hybridized carbons (Fsp3) is 0.0526. The van der Waals surface area contributed by atoms with E-state index in [9.17, 15) is 0 Å². The van der Waals surface area contributed by atoms with Gasteiger partial charge in [0.15, 0.2) is 0 Å². The summed E-state index contributed by atoms with van der Waals surface area (Å²) in [7, 11) is 0. The van der Waals surface area contributed by atoms with Crippen LogP contribution in [0, 0.1) is 0 Å². The molecule has 0 bridgehead atoms. The molecule has 1 aliphatic heterocycles. The fourth-order valence-electron chi connectivity index (χ4n) is 2.99. The van der Waals surface area contributed by atoms with Gasteiger partial charge in [0.2, 0.25) is 5.13 Å². The van der Waals surface area contributed by atoms with Gasteiger partial charge < -0.3 is 0 Å². The second-order valence-electron chi connectivity index (χ2n) is 5.74. The first-order valence-electron chi connectivity index (χ1n) is 7.80. The number of benzene rings is 2. The summed E-state index contributed by atoms with van der Waals surface area (Å²) in [6, 6.07) is 16.3. The second-order valence-corrected chi connectivity index (χ2v) is 8.03. The Kier molecular flexibility index (Phi) is 3.66. The Morgan fingerprint density at radius 1 is 1.08 bits per heavy atom. The van der Waals surface area contributed by atoms with Gasteiger partial charge in [-0.1, -0.05) is 41.9 Å². The fourth-order valence-corrected chi connectivity index (χ4v) is 4.96. The molecule has 0 N–H and O–H groups in total. The summed E-state index contributed by atoms with van der Waals surface area (Å²) >= 11 is 9.67. The largest absolute Gasteiger partial charge is 0.218 e. The van der Waals surface area contributed by atoms with E-state index in [1.165, 1.54) is 10.5 Å². The Morgan fingerprint density at radius 3 is 2.84 bits per heavy atom. The van der Waals surface area contributed by atoms with Crippen LogP contribution in [0.1, 0.15) is 5.56 Å². The summed E-state index contributed by atoms with van der Waals surface area (Å²) in [5.41, 5.74) is 5.54. The van der Waals surface area contributed by atoms with Crippen LogP contribution < -0.4 is 0 Å². The molecule has 0 atom stereocenters. The van der Waals surface area contributed by atoms with Crippen LogP contribution in [0.25, 0.3) is 27.6 Å². The van der Waals surface area contributed by atoms with Crippen LogP contribution >= 0.6 is 34.7 Å². The average Bonchev–Trinajstić information content (AvgIpc) is 3.29. The topological polar surface area (TPSA) is 30.7 Å². The van der Waals surface area contributed by atoms with Crippen LogP contribution in [-0.4, -0.2) is 14.8 Å². The highest BCUT2D eigenvalue weighted by molar-refractivity contribution is 7.98. The van der Waals surface area contributed by atoms with Crippen molar-refractivity contribution in [1.29, 1.82) is 0 Å². The predicted molar refractivity (Wildman–Crippen MR) is 105 cm³/mol. The number of hydrogen-bond donors (Lipinski definition) is 0. The number of nitrogens with zero attached hydrogens (tertiary/aromatic N) is 3. The van der Waals surface area contributed by atoms with E-state index in [4.69, 9.17) is 16.6 Å². The molecule has 0 saturated heterocycles. The van der Waals surface area contributed by atoms with E-state index in [1.54, 1.807) is 11.3 Å². The van der Waals surface area contributed by atoms with Crippen LogP contribution in [0.3, 0.4) is 0 Å². The van der Waals surface area contributed by atoms with Crippen LogP contribution in [-0.2, 0) is 5.75 Å². The summed E-state index contributed by atoms with van der Waals surface area (Å²) in [4.78, 5) is 6.04. The van der Waals surface area contributed by atoms with E-state index in [-0.39, 0.29) is 0 Å². The number of hydrogen-bond acceptors (Lipinski definition) is 4. The van der Waals surface area contributed by atoms with Crippen molar-refractivity contribution in [3.8, 4) is 27.6 Å². The van der Waals surface area contributed by atoms with E-state index >= 15 is 0 Å². The van der Waals surface area contributed by atoms with E-state index in [0.29, 0.717) is 0 Å². The minimum absolute atomic E-state index is 0.740. The van der Waals surface area contributed by atoms with Crippen LogP contribution in [0.15, 0.2) is 65.0 Å². The first kappa shape index (κ1) is 15.2. The van der Waals surface area contributed by atoms with Crippen molar-refractivity contribution in [2.45, 2.75) is 10.6 Å². The second kappa shape index (κ2) is 6.02. The third kappa shape index (κ3) is 2.59. The number of fused-ring (bicyclic) bond motifs is 3. The van der Waals surface area contributed by atoms with Gasteiger partial charge in [0.05, 0.1) is 17.6 Å². The van der Waals surface area contributed by atoms with Crippen molar-refractivity contribution < 1.29 is 0 Å². The molecule has 6 heteroatoms. The Labute approximate surface area is 158 Å². The Hall–Kier alpha value is -2.08. The van der Waals surface area contributed by atoms with Crippen LogP contribution in [0.5, 0.6) is 0 Å². The molecule has 1 aliphatic rings. The lowest BCUT2D eigenvalue weighted by molar-refractivity contribution is 0.875. The molecule has 5 rings (SSSR count). The molecule has 0 saturated carbocycles. The highest BCUT2D eigenvalue weighted by Gasteiger charge is 2.23. The van der Waals surface area contributed by atoms with E-state index in [1.807, 2.05) is 53.0 Å². The van der Waals surface area contributed by atoms with Gasteiger partial charge in [-0.15, -0.1) is 23.1 Å². The highest BCUT2D eigenvalue weighted by Crippen LogP contribution is 2.43. The molecule has 2 aromatic heterocycles. The normalized spacial score (nSPS) is 12.7. The SMILES string of the molecule is Clc1ccc2c(c1)-c1c(cnn1-c1nc(-c3ccccc3)cs1)CS2. The summed E-state index contributed by atoms with van der Waals surface area (Å²) < 4.78 is 1.95. The molecule has 0 fully saturated rings. The number of rotatable bonds is 2. The highest BCUT2D eigenvalue weighted by atomic mass is 35.5. The Bertz CT molecular complexity index is 1070. The number of aromatic nitrogens is 3. The van der Waals surface area contributed by atoms with E-state index in [0.717, 1.165) is 38.4 Å². The minimum Gasteiger partial charge on any atom is -0.218 e. The molecule has 122 valence electrons. The lowest BCUT2D eigenvalue weighted by Gasteiger charge is -2.17. The van der Waals surface area contributed by atoms with Crippen molar-refractivity contribution in [3.63, 3.8) is 0 Å². The predicted octanol–water partition coefficient (Wildman–Crippen LogP) is 5.92. The molecule has 4 aromatic rings. The molecule has 0 unspecified atom stereocenters. The smallest absolute Gasteiger partial charge is 0.211 e. The molecule has 0 spiro atoms. The molecular weight excluding hydrogens is 370 g/mol. The first-order valence-corrected chi connectivity index (χ1v) is 10.0. The Balaban J connectivity index is 1.64. The maximum atomic E-state index is 6.24. The van der Waals surface area contributed by atoms with Gasteiger partial charge in [0, 0.05) is 37.7 Å². The monoisotopic (exact) mass is 381 g/mol. The lowest BCUT2D eigenvalue weighted by Crippen LogP contribution is -2.03. The molecule has 0 aliphatic carbocycles. The van der Waals surface area contributed by atoms with Crippen LogP contribution in [0.4, 0.5) is 0 Å². The van der Waals surface area contributed by atoms with Crippen molar-refractivity contribution in [1.82, 2.24) is 14.8 Å². The standard InChI is InChI=1S/C19H12ClN3S2/c20-14-6-7-17-15(8-14)18-13(10-24-17)9-21-23(18)19-22-16(11-25-19)12-4-2-1-3-5-12/h1-9,11H,10H2. The van der Waals surface area contributed by atoms with Crippen molar-refractivity contribution >= 4 is 34.7 Å². The number of halogens is 1. The quantitative estimate of drug-likeness (QED) is 0.431. The zero-order chi connectivity index (χ0) is 16.8. The van der Waals surface area contributed by atoms with Gasteiger partial charge >= 0.3 is 0 Å². The van der Waals surface area contributed by atoms with E-state index in [2.05, 4.69) is 28.7 Å². The van der Waals surface area contributed by atoms with Gasteiger partial charge in [-0.2, -0.15) is 5.10 Å². The van der Waals surface area contributed by atoms with Gasteiger partial charge in [-0.05, 0) is 18.2 Å². The van der Waals surface area contributed by atoms with Gasteiger partial charge in [0.25, 0.3) is 0 Å². The summed E-state index contributed by atoms with van der Waals surface area (Å²) in [6.45, 7) is 0.